The van der Waals surface area contributed by atoms with E-state index in [1.807, 2.05) is 0 Å². The number of carbonyl (C=O) groups is 1. The number of piperidine rings is 1. The number of ether oxygens (including phenoxy) is 1. The number of benzene rings is 3. The Morgan fingerprint density at radius 1 is 0.829 bits per heavy atom. The highest BCUT2D eigenvalue weighted by atomic mass is 19.4. The largest absolute Gasteiger partial charge is 0.633 e. The van der Waals surface area contributed by atoms with Gasteiger partial charge in [0, 0.05) is 30.0 Å². The third-order valence-corrected chi connectivity index (χ3v) is 7.52. The highest BCUT2D eigenvalue weighted by Crippen LogP contribution is 2.45. The second-order valence-corrected chi connectivity index (χ2v) is 10.2. The van der Waals surface area contributed by atoms with Crippen LogP contribution in [0.1, 0.15) is 40.7 Å². The molecule has 3 aromatic carbocycles. The van der Waals surface area contributed by atoms with Crippen molar-refractivity contribution in [2.75, 3.05) is 25.5 Å². The minimum atomic E-state index is -4.61. The zero-order chi connectivity index (χ0) is 30.1. The number of likely N-dealkylation sites (tertiary alicyclic amines) is 1. The van der Waals surface area contributed by atoms with Crippen LogP contribution in [0, 0.1) is 11.1 Å². The zero-order valence-electron chi connectivity index (χ0n) is 21.9. The molecular formula is C29H28F6N2O4. The van der Waals surface area contributed by atoms with Crippen molar-refractivity contribution in [1.82, 2.24) is 0 Å². The van der Waals surface area contributed by atoms with E-state index in [1.165, 1.54) is 7.11 Å². The van der Waals surface area contributed by atoms with Crippen molar-refractivity contribution < 1.29 is 45.6 Å². The zero-order valence-corrected chi connectivity index (χ0v) is 21.9. The molecule has 41 heavy (non-hydrogen) atoms. The van der Waals surface area contributed by atoms with Gasteiger partial charge in [0.1, 0.15) is 12.1 Å². The molecule has 1 heterocycles. The number of hydrogen-bond acceptors (Lipinski definition) is 4. The van der Waals surface area contributed by atoms with Crippen molar-refractivity contribution >= 4 is 11.8 Å². The number of methoxy groups -OCH3 is 1. The highest BCUT2D eigenvalue weighted by molar-refractivity contribution is 5.84. The second kappa shape index (κ2) is 11.3. The molecule has 0 aliphatic carbocycles. The Kier molecular flexibility index (Phi) is 8.40. The molecule has 0 aromatic heterocycles. The summed E-state index contributed by atoms with van der Waals surface area (Å²) in [4.78, 5) is 11.4. The number of anilines is 1. The van der Waals surface area contributed by atoms with Gasteiger partial charge in [-0.25, -0.2) is 4.79 Å². The van der Waals surface area contributed by atoms with Gasteiger partial charge in [-0.1, -0.05) is 36.4 Å². The van der Waals surface area contributed by atoms with Crippen LogP contribution in [0.4, 0.5) is 36.8 Å². The lowest BCUT2D eigenvalue weighted by molar-refractivity contribution is -0.900. The van der Waals surface area contributed by atoms with Gasteiger partial charge in [-0.15, -0.1) is 0 Å². The Bertz CT molecular complexity index is 1270. The summed E-state index contributed by atoms with van der Waals surface area (Å²) in [6.45, 7) is 0.233. The van der Waals surface area contributed by atoms with E-state index in [0.717, 1.165) is 48.5 Å². The molecular weight excluding hydrogens is 554 g/mol. The summed E-state index contributed by atoms with van der Waals surface area (Å²) in [6.07, 6.45) is -9.51. The first-order valence-electron chi connectivity index (χ1n) is 12.7. The third kappa shape index (κ3) is 6.83. The van der Waals surface area contributed by atoms with Gasteiger partial charge in [0.15, 0.2) is 0 Å². The van der Waals surface area contributed by atoms with Gasteiger partial charge >= 0.3 is 18.4 Å². The summed E-state index contributed by atoms with van der Waals surface area (Å²) in [7, 11) is 1.23. The number of nitrogens with one attached hydrogen (secondary N) is 1. The number of rotatable bonds is 6. The van der Waals surface area contributed by atoms with E-state index in [4.69, 9.17) is 0 Å². The quantitative estimate of drug-likeness (QED) is 0.185. The Morgan fingerprint density at radius 2 is 1.24 bits per heavy atom. The van der Waals surface area contributed by atoms with Crippen LogP contribution in [-0.4, -0.2) is 36.0 Å². The van der Waals surface area contributed by atoms with E-state index in [1.54, 1.807) is 24.3 Å². The number of nitrogens with zero attached hydrogens (tertiary/aromatic N) is 1. The fourth-order valence-electron chi connectivity index (χ4n) is 5.27. The first-order valence-corrected chi connectivity index (χ1v) is 12.7. The maximum Gasteiger partial charge on any atom is 0.416 e. The van der Waals surface area contributed by atoms with Crippen molar-refractivity contribution in [3.63, 3.8) is 0 Å². The fraction of sp³-hybridized carbons (Fsp3) is 0.345. The number of aliphatic hydroxyl groups is 1. The predicted octanol–water partition coefficient (Wildman–Crippen LogP) is 7.06. The molecule has 4 rings (SSSR count). The number of alkyl halides is 6. The summed E-state index contributed by atoms with van der Waals surface area (Å²) in [5, 5.41) is 28.1. The fourth-order valence-corrected chi connectivity index (χ4v) is 5.27. The van der Waals surface area contributed by atoms with Crippen LogP contribution in [0.25, 0.3) is 0 Å². The van der Waals surface area contributed by atoms with Gasteiger partial charge in [0.25, 0.3) is 0 Å². The maximum atomic E-state index is 13.6. The molecule has 1 amide bonds. The lowest BCUT2D eigenvalue weighted by Crippen LogP contribution is -2.51. The number of quaternary nitrogens is 1. The molecule has 1 saturated heterocycles. The monoisotopic (exact) mass is 582 g/mol. The molecule has 0 saturated carbocycles. The topological polar surface area (TPSA) is 81.6 Å². The Morgan fingerprint density at radius 3 is 1.63 bits per heavy atom. The molecule has 0 bridgehead atoms. The number of hydroxylamine groups is 3. The van der Waals surface area contributed by atoms with Crippen LogP contribution in [0.15, 0.2) is 72.8 Å². The van der Waals surface area contributed by atoms with E-state index in [0.29, 0.717) is 11.3 Å². The predicted molar refractivity (Wildman–Crippen MR) is 138 cm³/mol. The van der Waals surface area contributed by atoms with E-state index in [-0.39, 0.29) is 43.6 Å². The van der Waals surface area contributed by atoms with Crippen molar-refractivity contribution in [2.24, 2.45) is 5.92 Å². The smallest absolute Gasteiger partial charge is 0.416 e. The van der Waals surface area contributed by atoms with Gasteiger partial charge in [0.05, 0.1) is 31.3 Å². The van der Waals surface area contributed by atoms with Gasteiger partial charge in [0.2, 0.25) is 0 Å². The van der Waals surface area contributed by atoms with Crippen molar-refractivity contribution in [3.8, 4) is 0 Å². The molecule has 0 atom stereocenters. The number of halogens is 6. The summed E-state index contributed by atoms with van der Waals surface area (Å²) in [5.74, 6) is -0.650. The van der Waals surface area contributed by atoms with Gasteiger partial charge in [-0.3, -0.25) is 5.32 Å². The normalized spacial score (nSPS) is 20.0. The highest BCUT2D eigenvalue weighted by Gasteiger charge is 2.45. The van der Waals surface area contributed by atoms with Crippen molar-refractivity contribution in [3.05, 3.63) is 106 Å². The third-order valence-electron chi connectivity index (χ3n) is 7.52. The lowest BCUT2D eigenvalue weighted by atomic mass is 9.71. The van der Waals surface area contributed by atoms with Crippen molar-refractivity contribution in [2.45, 2.75) is 37.3 Å². The molecule has 1 fully saturated rings. The van der Waals surface area contributed by atoms with Crippen LogP contribution >= 0.6 is 0 Å². The Hall–Kier alpha value is -3.61. The standard InChI is InChI=1S/C29H28F6N2O4/c1-41-26(38)36-25-12-2-19(3-13-25)18-37(40)16-14-22(15-17-37)27(39,20-4-8-23(9-5-20)28(30,31)32)21-6-10-24(11-7-21)29(33,34)35/h2-13,22,39H,14-18H2,1H3,(H,36,38). The first-order chi connectivity index (χ1) is 19.1. The van der Waals surface area contributed by atoms with Gasteiger partial charge in [-0.2, -0.15) is 26.3 Å². The molecule has 1 aliphatic rings. The molecule has 6 nitrogen and oxygen atoms in total. The van der Waals surface area contributed by atoms with Crippen molar-refractivity contribution in [1.29, 1.82) is 0 Å². The molecule has 0 radical (unpaired) electrons. The van der Waals surface area contributed by atoms with Crippen LogP contribution < -0.4 is 5.32 Å². The average Bonchev–Trinajstić information content (AvgIpc) is 2.93. The van der Waals surface area contributed by atoms with Crippen LogP contribution in [0.2, 0.25) is 0 Å². The van der Waals surface area contributed by atoms with E-state index in [2.05, 4.69) is 10.1 Å². The maximum absolute atomic E-state index is 13.6. The number of carbonyl (C=O) groups excluding carboxylic acids is 1. The summed E-state index contributed by atoms with van der Waals surface area (Å²) >= 11 is 0. The second-order valence-electron chi connectivity index (χ2n) is 10.2. The first kappa shape index (κ1) is 30.4. The average molecular weight is 583 g/mol. The molecule has 3 aromatic rings. The van der Waals surface area contributed by atoms with Crippen LogP contribution in [-0.2, 0) is 29.2 Å². The van der Waals surface area contributed by atoms with E-state index in [9.17, 15) is 41.5 Å². The molecule has 0 unspecified atom stereocenters. The number of hydrogen-bond donors (Lipinski definition) is 2. The molecule has 12 heteroatoms. The number of amides is 1. The summed E-state index contributed by atoms with van der Waals surface area (Å²) in [6, 6.07) is 14.4. The van der Waals surface area contributed by atoms with Gasteiger partial charge < -0.3 is 19.7 Å². The summed E-state index contributed by atoms with van der Waals surface area (Å²) < 4.78 is 83.0. The Balaban J connectivity index is 1.57. The minimum Gasteiger partial charge on any atom is -0.633 e. The molecule has 0 spiro atoms. The minimum absolute atomic E-state index is 0.0659. The molecule has 220 valence electrons. The lowest BCUT2D eigenvalue weighted by Gasteiger charge is -2.50. The summed E-state index contributed by atoms with van der Waals surface area (Å²) in [5.41, 5.74) is -2.42. The van der Waals surface area contributed by atoms with Crippen LogP contribution in [0.3, 0.4) is 0 Å². The van der Waals surface area contributed by atoms with Gasteiger partial charge in [-0.05, 0) is 47.5 Å². The van der Waals surface area contributed by atoms with E-state index < -0.39 is 45.7 Å². The molecule has 1 aliphatic heterocycles. The molecule has 2 N–H and O–H groups in total. The Labute approximate surface area is 232 Å². The SMILES string of the molecule is COC(=O)Nc1ccc(C[N+]2([O-])CCC(C(O)(c3ccc(C(F)(F)F)cc3)c3ccc(C(F)(F)F)cc3)CC2)cc1. The van der Waals surface area contributed by atoms with E-state index >= 15 is 0 Å². The van der Waals surface area contributed by atoms with Crippen LogP contribution in [0.5, 0.6) is 0 Å².